The van der Waals surface area contributed by atoms with E-state index in [2.05, 4.69) is 39.9 Å². The van der Waals surface area contributed by atoms with Crippen LogP contribution in [0.15, 0.2) is 66.9 Å². The van der Waals surface area contributed by atoms with E-state index in [0.29, 0.717) is 12.1 Å². The van der Waals surface area contributed by atoms with Gasteiger partial charge in [-0.15, -0.1) is 0 Å². The molecular weight excluding hydrogens is 610 g/mol. The highest BCUT2D eigenvalue weighted by molar-refractivity contribution is 5.99. The number of rotatable bonds is 9. The van der Waals surface area contributed by atoms with E-state index in [1.807, 2.05) is 44.3 Å². The van der Waals surface area contributed by atoms with Crippen molar-refractivity contribution in [2.24, 2.45) is 5.92 Å². The molecule has 252 valence electrons. The lowest BCUT2D eigenvalue weighted by atomic mass is 9.98. The van der Waals surface area contributed by atoms with Crippen LogP contribution >= 0.6 is 0 Å². The van der Waals surface area contributed by atoms with Gasteiger partial charge in [-0.2, -0.15) is 0 Å². The summed E-state index contributed by atoms with van der Waals surface area (Å²) in [4.78, 5) is 59.9. The quantitative estimate of drug-likeness (QED) is 0.172. The first kappa shape index (κ1) is 34.2. The van der Waals surface area contributed by atoms with Gasteiger partial charge in [0.15, 0.2) is 5.78 Å². The second-order valence-corrected chi connectivity index (χ2v) is 13.4. The molecule has 0 unspecified atom stereocenters. The second kappa shape index (κ2) is 14.3. The van der Waals surface area contributed by atoms with Crippen LogP contribution < -0.4 is 10.6 Å². The zero-order valence-corrected chi connectivity index (χ0v) is 28.3. The number of carbonyl (C=O) groups is 4. The number of ether oxygens (including phenoxy) is 2. The molecule has 3 N–H and O–H groups in total. The van der Waals surface area contributed by atoms with Crippen molar-refractivity contribution >= 4 is 34.6 Å². The largest absolute Gasteiger partial charge is 0.453 e. The van der Waals surface area contributed by atoms with Crippen molar-refractivity contribution in [3.63, 3.8) is 0 Å². The van der Waals surface area contributed by atoms with Gasteiger partial charge in [0.25, 0.3) is 0 Å². The Kier molecular flexibility index (Phi) is 10.2. The minimum atomic E-state index is -0.689. The Labute approximate surface area is 280 Å². The lowest BCUT2D eigenvalue weighted by Crippen LogP contribution is -2.51. The molecule has 0 radical (unpaired) electrons. The number of nitrogens with one attached hydrogen (secondary N) is 3. The van der Waals surface area contributed by atoms with Crippen molar-refractivity contribution < 1.29 is 28.7 Å². The summed E-state index contributed by atoms with van der Waals surface area (Å²) in [6.07, 6.45) is 2.23. The van der Waals surface area contributed by atoms with Crippen LogP contribution in [0.1, 0.15) is 69.7 Å². The summed E-state index contributed by atoms with van der Waals surface area (Å²) in [5, 5.41) is 7.30. The monoisotopic (exact) mass is 653 g/mol. The number of carbonyl (C=O) groups excluding carboxylic acids is 4. The molecule has 0 saturated carbocycles. The first-order valence-corrected chi connectivity index (χ1v) is 16.2. The van der Waals surface area contributed by atoms with E-state index in [0.717, 1.165) is 51.8 Å². The van der Waals surface area contributed by atoms with E-state index in [4.69, 9.17) is 14.5 Å². The Hall–Kier alpha value is -5.19. The van der Waals surface area contributed by atoms with Gasteiger partial charge < -0.3 is 30.0 Å². The standard InChI is InChI=1S/C37H43N5O6/c1-22(2)32(41-36(46)47-6)34(44)42-17-7-8-30(42)33-38-20-29(40-33)28-16-15-26-18-25(13-14-27(26)19-28)23-9-11-24(12-10-23)31(43)21-39-35(45)48-37(3,4)5/h9-16,18-20,22,30,32H,7-8,17,21H2,1-6H3,(H,38,40)(H,39,45)(H,41,46)/t30-,32-/m0/s1. The number of aromatic amines is 1. The van der Waals surface area contributed by atoms with Crippen LogP contribution in [0.5, 0.6) is 0 Å². The number of nitrogens with zero attached hydrogens (tertiary/aromatic N) is 2. The number of amides is 3. The Morgan fingerprint density at radius 2 is 1.58 bits per heavy atom. The molecule has 48 heavy (non-hydrogen) atoms. The third-order valence-electron chi connectivity index (χ3n) is 8.31. The van der Waals surface area contributed by atoms with Crippen LogP contribution in [0.25, 0.3) is 33.2 Å². The maximum absolute atomic E-state index is 13.5. The smallest absolute Gasteiger partial charge is 0.408 e. The number of likely N-dealkylation sites (tertiary alicyclic amines) is 1. The van der Waals surface area contributed by atoms with Crippen LogP contribution in [0.3, 0.4) is 0 Å². The van der Waals surface area contributed by atoms with Crippen LogP contribution in [0, 0.1) is 5.92 Å². The molecule has 3 aromatic carbocycles. The summed E-state index contributed by atoms with van der Waals surface area (Å²) >= 11 is 0. The summed E-state index contributed by atoms with van der Waals surface area (Å²) < 4.78 is 9.93. The lowest BCUT2D eigenvalue weighted by Gasteiger charge is -2.29. The highest BCUT2D eigenvalue weighted by Crippen LogP contribution is 2.34. The molecule has 4 aromatic rings. The van der Waals surface area contributed by atoms with Gasteiger partial charge in [0.05, 0.1) is 25.4 Å². The number of methoxy groups -OCH3 is 1. The summed E-state index contributed by atoms with van der Waals surface area (Å²) in [5.74, 6) is 0.261. The van der Waals surface area contributed by atoms with Crippen LogP contribution in [0.2, 0.25) is 0 Å². The average Bonchev–Trinajstić information content (AvgIpc) is 3.75. The van der Waals surface area contributed by atoms with E-state index < -0.39 is 23.8 Å². The SMILES string of the molecule is COC(=O)N[C@H](C(=O)N1CCC[C@H]1c1nc(-c2ccc3cc(-c4ccc(C(=O)CNC(=O)OC(C)(C)C)cc4)ccc3c2)c[nH]1)C(C)C. The predicted octanol–water partition coefficient (Wildman–Crippen LogP) is 6.65. The molecule has 11 nitrogen and oxygen atoms in total. The van der Waals surface area contributed by atoms with Crippen LogP contribution in [-0.2, 0) is 14.3 Å². The number of ketones is 1. The molecule has 0 spiro atoms. The fourth-order valence-electron chi connectivity index (χ4n) is 5.85. The lowest BCUT2D eigenvalue weighted by molar-refractivity contribution is -0.135. The Balaban J connectivity index is 1.26. The van der Waals surface area contributed by atoms with Gasteiger partial charge in [-0.1, -0.05) is 62.4 Å². The van der Waals surface area contributed by atoms with Crippen molar-refractivity contribution in [1.82, 2.24) is 25.5 Å². The fourth-order valence-corrected chi connectivity index (χ4v) is 5.85. The Morgan fingerprint density at radius 3 is 2.23 bits per heavy atom. The highest BCUT2D eigenvalue weighted by atomic mass is 16.6. The molecule has 1 fully saturated rings. The van der Waals surface area contributed by atoms with Crippen molar-refractivity contribution in [3.05, 3.63) is 78.2 Å². The predicted molar refractivity (Wildman–Crippen MR) is 183 cm³/mol. The first-order chi connectivity index (χ1) is 22.8. The molecular formula is C37H43N5O6. The Bertz CT molecular complexity index is 1810. The number of H-pyrrole nitrogens is 1. The Morgan fingerprint density at radius 1 is 0.938 bits per heavy atom. The first-order valence-electron chi connectivity index (χ1n) is 16.2. The molecule has 3 amide bonds. The molecule has 0 bridgehead atoms. The summed E-state index contributed by atoms with van der Waals surface area (Å²) in [6, 6.07) is 18.8. The maximum Gasteiger partial charge on any atom is 0.408 e. The fraction of sp³-hybridized carbons (Fsp3) is 0.378. The van der Waals surface area contributed by atoms with E-state index in [-0.39, 0.29) is 30.2 Å². The highest BCUT2D eigenvalue weighted by Gasteiger charge is 2.37. The van der Waals surface area contributed by atoms with E-state index in [1.54, 1.807) is 37.8 Å². The average molecular weight is 654 g/mol. The van der Waals surface area contributed by atoms with Gasteiger partial charge in [-0.3, -0.25) is 9.59 Å². The zero-order chi connectivity index (χ0) is 34.6. The molecule has 11 heteroatoms. The molecule has 1 aliphatic heterocycles. The third-order valence-corrected chi connectivity index (χ3v) is 8.31. The van der Waals surface area contributed by atoms with E-state index in [1.165, 1.54) is 7.11 Å². The summed E-state index contributed by atoms with van der Waals surface area (Å²) in [5.41, 5.74) is 3.57. The van der Waals surface area contributed by atoms with Crippen molar-refractivity contribution in [2.75, 3.05) is 20.2 Å². The molecule has 1 saturated heterocycles. The topological polar surface area (TPSA) is 143 Å². The van der Waals surface area contributed by atoms with E-state index >= 15 is 0 Å². The maximum atomic E-state index is 13.5. The zero-order valence-electron chi connectivity index (χ0n) is 28.3. The molecule has 0 aliphatic carbocycles. The molecule has 2 atom stereocenters. The molecule has 1 aromatic heterocycles. The summed E-state index contributed by atoms with van der Waals surface area (Å²) in [7, 11) is 1.28. The minimum Gasteiger partial charge on any atom is -0.453 e. The number of aromatic nitrogens is 2. The normalized spacial score (nSPS) is 15.3. The number of hydrogen-bond donors (Lipinski definition) is 3. The van der Waals surface area contributed by atoms with Crippen LogP contribution in [-0.4, -0.2) is 70.6 Å². The molecule has 5 rings (SSSR count). The van der Waals surface area contributed by atoms with Gasteiger partial charge in [0.2, 0.25) is 5.91 Å². The minimum absolute atomic E-state index is 0.105. The third kappa shape index (κ3) is 8.02. The molecule has 2 heterocycles. The summed E-state index contributed by atoms with van der Waals surface area (Å²) in [6.45, 7) is 9.53. The van der Waals surface area contributed by atoms with Crippen molar-refractivity contribution in [1.29, 1.82) is 0 Å². The van der Waals surface area contributed by atoms with Gasteiger partial charge in [0.1, 0.15) is 17.5 Å². The number of imidazole rings is 1. The number of alkyl carbamates (subject to hydrolysis) is 2. The number of hydrogen-bond acceptors (Lipinski definition) is 7. The number of Topliss-reactive ketones (excluding diaryl/α,β-unsaturated/α-hetero) is 1. The second-order valence-electron chi connectivity index (χ2n) is 13.4. The van der Waals surface area contributed by atoms with Crippen molar-refractivity contribution in [2.45, 2.75) is 65.1 Å². The van der Waals surface area contributed by atoms with Gasteiger partial charge in [-0.25, -0.2) is 14.6 Å². The number of benzene rings is 3. The van der Waals surface area contributed by atoms with Gasteiger partial charge in [0, 0.05) is 23.9 Å². The van der Waals surface area contributed by atoms with Gasteiger partial charge in [-0.05, 0) is 73.6 Å². The molecule has 1 aliphatic rings. The van der Waals surface area contributed by atoms with Crippen molar-refractivity contribution in [3.8, 4) is 22.4 Å². The van der Waals surface area contributed by atoms with Gasteiger partial charge >= 0.3 is 12.2 Å². The van der Waals surface area contributed by atoms with Crippen LogP contribution in [0.4, 0.5) is 9.59 Å². The number of fused-ring (bicyclic) bond motifs is 1. The van der Waals surface area contributed by atoms with E-state index in [9.17, 15) is 19.2 Å².